The highest BCUT2D eigenvalue weighted by atomic mass is 19.1. The predicted octanol–water partition coefficient (Wildman–Crippen LogP) is 2.28. The molecule has 1 aliphatic rings. The highest BCUT2D eigenvalue weighted by molar-refractivity contribution is 5.97. The number of aromatic carboxylic acids is 1. The Bertz CT molecular complexity index is 540. The highest BCUT2D eigenvalue weighted by Gasteiger charge is 2.44. The van der Waals surface area contributed by atoms with Crippen LogP contribution in [0.5, 0.6) is 0 Å². The number of nitrogens with one attached hydrogen (secondary N) is 1. The molecule has 108 valence electrons. The van der Waals surface area contributed by atoms with Gasteiger partial charge < -0.3 is 15.2 Å². The fourth-order valence-corrected chi connectivity index (χ4v) is 2.33. The largest absolute Gasteiger partial charge is 0.478 e. The van der Waals surface area contributed by atoms with Crippen LogP contribution in [0, 0.1) is 11.2 Å². The van der Waals surface area contributed by atoms with Gasteiger partial charge in [0.1, 0.15) is 5.82 Å². The van der Waals surface area contributed by atoms with Gasteiger partial charge in [0.2, 0.25) is 5.91 Å². The van der Waals surface area contributed by atoms with E-state index in [2.05, 4.69) is 5.32 Å². The summed E-state index contributed by atoms with van der Waals surface area (Å²) in [7, 11) is 1.51. The summed E-state index contributed by atoms with van der Waals surface area (Å²) < 4.78 is 18.7. The van der Waals surface area contributed by atoms with Crippen molar-refractivity contribution in [1.82, 2.24) is 0 Å². The molecule has 1 aromatic carbocycles. The number of hydrogen-bond acceptors (Lipinski definition) is 3. The minimum atomic E-state index is -1.17. The molecule has 0 bridgehead atoms. The molecule has 0 spiro atoms. The number of methoxy groups -OCH3 is 1. The number of carboxylic acid groups (broad SMARTS) is 1. The van der Waals surface area contributed by atoms with Crippen LogP contribution in [0.3, 0.4) is 0 Å². The van der Waals surface area contributed by atoms with Crippen LogP contribution in [0.15, 0.2) is 18.2 Å². The number of rotatable bonds is 5. The van der Waals surface area contributed by atoms with E-state index >= 15 is 0 Å². The number of hydrogen-bond donors (Lipinski definition) is 2. The molecule has 1 saturated carbocycles. The van der Waals surface area contributed by atoms with Crippen LogP contribution in [-0.2, 0) is 9.53 Å². The summed E-state index contributed by atoms with van der Waals surface area (Å²) in [6.07, 6.45) is 2.30. The Hall–Kier alpha value is -1.95. The van der Waals surface area contributed by atoms with Crippen LogP contribution in [0.2, 0.25) is 0 Å². The van der Waals surface area contributed by atoms with Crippen molar-refractivity contribution >= 4 is 17.6 Å². The number of carbonyl (C=O) groups is 2. The SMILES string of the molecule is COCC1(C(=O)Nc2cc(C(=O)O)ccc2F)CCC1. The van der Waals surface area contributed by atoms with E-state index in [4.69, 9.17) is 9.84 Å². The lowest BCUT2D eigenvalue weighted by molar-refractivity contribution is -0.134. The van der Waals surface area contributed by atoms with Crippen LogP contribution in [0.1, 0.15) is 29.6 Å². The van der Waals surface area contributed by atoms with Crippen molar-refractivity contribution in [2.45, 2.75) is 19.3 Å². The maximum absolute atomic E-state index is 13.7. The van der Waals surface area contributed by atoms with E-state index in [9.17, 15) is 14.0 Å². The lowest BCUT2D eigenvalue weighted by Crippen LogP contribution is -2.45. The van der Waals surface area contributed by atoms with Crippen molar-refractivity contribution in [3.63, 3.8) is 0 Å². The molecule has 5 nitrogen and oxygen atoms in total. The molecule has 0 aromatic heterocycles. The van der Waals surface area contributed by atoms with E-state index in [0.29, 0.717) is 12.8 Å². The monoisotopic (exact) mass is 281 g/mol. The van der Waals surface area contributed by atoms with Crippen molar-refractivity contribution in [1.29, 1.82) is 0 Å². The summed E-state index contributed by atoms with van der Waals surface area (Å²) >= 11 is 0. The molecule has 1 fully saturated rings. The fourth-order valence-electron chi connectivity index (χ4n) is 2.33. The molecular weight excluding hydrogens is 265 g/mol. The number of halogens is 1. The zero-order valence-electron chi connectivity index (χ0n) is 11.1. The molecule has 6 heteroatoms. The second-order valence-electron chi connectivity index (χ2n) is 5.02. The molecule has 1 amide bonds. The Morgan fingerprint density at radius 1 is 1.45 bits per heavy atom. The van der Waals surface area contributed by atoms with E-state index in [-0.39, 0.29) is 23.8 Å². The molecule has 1 aliphatic carbocycles. The molecule has 0 aliphatic heterocycles. The van der Waals surface area contributed by atoms with Gasteiger partial charge in [0.05, 0.1) is 23.3 Å². The first-order chi connectivity index (χ1) is 9.48. The lowest BCUT2D eigenvalue weighted by atomic mass is 9.68. The smallest absolute Gasteiger partial charge is 0.335 e. The molecule has 2 rings (SSSR count). The molecule has 1 aromatic rings. The van der Waals surface area contributed by atoms with Crippen LogP contribution in [0.25, 0.3) is 0 Å². The molecular formula is C14H16FNO4. The molecule has 0 saturated heterocycles. The molecule has 20 heavy (non-hydrogen) atoms. The van der Waals surface area contributed by atoms with Crippen molar-refractivity contribution in [3.8, 4) is 0 Å². The van der Waals surface area contributed by atoms with E-state index in [1.165, 1.54) is 7.11 Å². The lowest BCUT2D eigenvalue weighted by Gasteiger charge is -2.39. The third-order valence-corrected chi connectivity index (χ3v) is 3.67. The van der Waals surface area contributed by atoms with Gasteiger partial charge in [0.25, 0.3) is 0 Å². The second-order valence-corrected chi connectivity index (χ2v) is 5.02. The molecule has 0 radical (unpaired) electrons. The van der Waals surface area contributed by atoms with Gasteiger partial charge in [-0.15, -0.1) is 0 Å². The minimum Gasteiger partial charge on any atom is -0.478 e. The van der Waals surface area contributed by atoms with E-state index in [1.807, 2.05) is 0 Å². The number of carbonyl (C=O) groups excluding carboxylic acids is 1. The third-order valence-electron chi connectivity index (χ3n) is 3.67. The van der Waals surface area contributed by atoms with Gasteiger partial charge in [-0.05, 0) is 31.0 Å². The average molecular weight is 281 g/mol. The van der Waals surface area contributed by atoms with Gasteiger partial charge in [-0.3, -0.25) is 4.79 Å². The van der Waals surface area contributed by atoms with Gasteiger partial charge in [-0.25, -0.2) is 9.18 Å². The quantitative estimate of drug-likeness (QED) is 0.868. The number of carboxylic acids is 1. The first-order valence-electron chi connectivity index (χ1n) is 6.32. The van der Waals surface area contributed by atoms with Gasteiger partial charge in [0, 0.05) is 7.11 Å². The summed E-state index contributed by atoms with van der Waals surface area (Å²) in [6.45, 7) is 0.277. The topological polar surface area (TPSA) is 75.6 Å². The van der Waals surface area contributed by atoms with E-state index in [0.717, 1.165) is 24.6 Å². The Kier molecular flexibility index (Phi) is 4.04. The minimum absolute atomic E-state index is 0.0731. The number of benzene rings is 1. The summed E-state index contributed by atoms with van der Waals surface area (Å²) in [5.41, 5.74) is -0.811. The molecule has 0 atom stereocenters. The van der Waals surface area contributed by atoms with Crippen LogP contribution < -0.4 is 5.32 Å². The van der Waals surface area contributed by atoms with Gasteiger partial charge in [0.15, 0.2) is 0 Å². The van der Waals surface area contributed by atoms with Crippen LogP contribution in [0.4, 0.5) is 10.1 Å². The van der Waals surface area contributed by atoms with Gasteiger partial charge in [-0.1, -0.05) is 6.42 Å². The Labute approximate surface area is 115 Å². The number of amides is 1. The Morgan fingerprint density at radius 3 is 2.65 bits per heavy atom. The van der Waals surface area contributed by atoms with Crippen molar-refractivity contribution in [3.05, 3.63) is 29.6 Å². The summed E-state index contributed by atoms with van der Waals surface area (Å²) in [5.74, 6) is -2.15. The summed E-state index contributed by atoms with van der Waals surface area (Å²) in [6, 6.07) is 3.30. The standard InChI is InChI=1S/C14H16FNO4/c1-20-8-14(5-2-6-14)13(19)16-11-7-9(12(17)18)3-4-10(11)15/h3-4,7H,2,5-6,8H2,1H3,(H,16,19)(H,17,18). The van der Waals surface area contributed by atoms with Gasteiger partial charge >= 0.3 is 5.97 Å². The molecule has 0 heterocycles. The third kappa shape index (κ3) is 2.65. The highest BCUT2D eigenvalue weighted by Crippen LogP contribution is 2.42. The van der Waals surface area contributed by atoms with Crippen LogP contribution in [-0.4, -0.2) is 30.7 Å². The van der Waals surface area contributed by atoms with E-state index < -0.39 is 17.2 Å². The van der Waals surface area contributed by atoms with Crippen molar-refractivity contribution in [2.75, 3.05) is 19.0 Å². The van der Waals surface area contributed by atoms with E-state index in [1.54, 1.807) is 0 Å². The maximum Gasteiger partial charge on any atom is 0.335 e. The number of ether oxygens (including phenoxy) is 1. The Balaban J connectivity index is 2.19. The normalized spacial score (nSPS) is 16.3. The maximum atomic E-state index is 13.7. The summed E-state index contributed by atoms with van der Waals surface area (Å²) in [4.78, 5) is 23.1. The van der Waals surface area contributed by atoms with Crippen molar-refractivity contribution in [2.24, 2.45) is 5.41 Å². The first kappa shape index (κ1) is 14.5. The molecule has 2 N–H and O–H groups in total. The number of anilines is 1. The fraction of sp³-hybridized carbons (Fsp3) is 0.429. The summed E-state index contributed by atoms with van der Waals surface area (Å²) in [5, 5.41) is 11.4. The molecule has 0 unspecified atom stereocenters. The first-order valence-corrected chi connectivity index (χ1v) is 6.32. The Morgan fingerprint density at radius 2 is 2.15 bits per heavy atom. The second kappa shape index (κ2) is 5.58. The van der Waals surface area contributed by atoms with Crippen molar-refractivity contribution < 1.29 is 23.8 Å². The van der Waals surface area contributed by atoms with Crippen LogP contribution >= 0.6 is 0 Å². The van der Waals surface area contributed by atoms with Gasteiger partial charge in [-0.2, -0.15) is 0 Å². The zero-order chi connectivity index (χ0) is 14.8. The predicted molar refractivity (Wildman–Crippen MR) is 70.1 cm³/mol. The average Bonchev–Trinajstić information content (AvgIpc) is 2.36. The zero-order valence-corrected chi connectivity index (χ0v) is 11.1.